The molecule has 5 aliphatic carbocycles. The zero-order valence-corrected chi connectivity index (χ0v) is 16.2. The average Bonchev–Trinajstić information content (AvgIpc) is 3.23. The van der Waals surface area contributed by atoms with E-state index in [1.165, 1.54) is 12.8 Å². The van der Waals surface area contributed by atoms with Gasteiger partial charge in [-0.15, -0.1) is 0 Å². The minimum Gasteiger partial charge on any atom is -0.392 e. The van der Waals surface area contributed by atoms with Crippen molar-refractivity contribution in [1.82, 2.24) is 0 Å². The van der Waals surface area contributed by atoms with Gasteiger partial charge in [0.05, 0.1) is 18.3 Å². The summed E-state index contributed by atoms with van der Waals surface area (Å²) in [5.74, 6) is 0.543. The van der Waals surface area contributed by atoms with Gasteiger partial charge >= 0.3 is 0 Å². The third kappa shape index (κ3) is 1.32. The molecule has 8 atom stereocenters. The summed E-state index contributed by atoms with van der Waals surface area (Å²) in [4.78, 5) is 0. The summed E-state index contributed by atoms with van der Waals surface area (Å²) < 4.78 is 19.8. The van der Waals surface area contributed by atoms with Gasteiger partial charge in [-0.1, -0.05) is 25.3 Å². The van der Waals surface area contributed by atoms with Crippen molar-refractivity contribution in [2.45, 2.75) is 93.6 Å². The van der Waals surface area contributed by atoms with Crippen LogP contribution >= 0.6 is 0 Å². The quantitative estimate of drug-likeness (QED) is 0.690. The molecule has 0 amide bonds. The number of rotatable bonds is 1. The van der Waals surface area contributed by atoms with Gasteiger partial charge in [-0.3, -0.25) is 0 Å². The highest BCUT2D eigenvalue weighted by Crippen LogP contribution is 2.88. The predicted molar refractivity (Wildman–Crippen MR) is 95.7 cm³/mol. The van der Waals surface area contributed by atoms with Crippen molar-refractivity contribution >= 4 is 0 Å². The van der Waals surface area contributed by atoms with Crippen molar-refractivity contribution in [1.29, 1.82) is 0 Å². The topological polar surface area (TPSA) is 68.2 Å². The number of hydrogen-bond donors (Lipinski definition) is 2. The molecule has 0 aromatic heterocycles. The second-order valence-corrected chi connectivity index (χ2v) is 10.8. The molecular formula is C22H30O5. The Morgan fingerprint density at radius 1 is 1.07 bits per heavy atom. The second-order valence-electron chi connectivity index (χ2n) is 10.8. The van der Waals surface area contributed by atoms with E-state index in [-0.39, 0.29) is 29.8 Å². The molecule has 5 nitrogen and oxygen atoms in total. The largest absolute Gasteiger partial charge is 0.392 e. The maximum atomic E-state index is 12.2. The fourth-order valence-electron chi connectivity index (χ4n) is 9.62. The molecule has 7 aliphatic rings. The molecule has 2 N–H and O–H groups in total. The second kappa shape index (κ2) is 4.34. The van der Waals surface area contributed by atoms with Crippen LogP contribution < -0.4 is 0 Å². The van der Waals surface area contributed by atoms with Crippen LogP contribution in [0.4, 0.5) is 0 Å². The van der Waals surface area contributed by atoms with E-state index >= 15 is 0 Å². The summed E-state index contributed by atoms with van der Waals surface area (Å²) in [7, 11) is 0. The Morgan fingerprint density at radius 2 is 1.85 bits per heavy atom. The highest BCUT2D eigenvalue weighted by Gasteiger charge is 2.97. The molecule has 0 aromatic rings. The molecule has 7 rings (SSSR count). The minimum absolute atomic E-state index is 0.00778. The van der Waals surface area contributed by atoms with Gasteiger partial charge in [-0.05, 0) is 56.9 Å². The van der Waals surface area contributed by atoms with Crippen LogP contribution in [0.1, 0.15) is 58.8 Å². The molecule has 3 spiro atoms. The third-order valence-corrected chi connectivity index (χ3v) is 9.77. The molecule has 2 aliphatic heterocycles. The summed E-state index contributed by atoms with van der Waals surface area (Å²) in [5, 5.41) is 22.4. The summed E-state index contributed by atoms with van der Waals surface area (Å²) >= 11 is 0. The summed E-state index contributed by atoms with van der Waals surface area (Å²) in [6, 6.07) is 0. The maximum Gasteiger partial charge on any atom is 0.164 e. The van der Waals surface area contributed by atoms with Crippen molar-refractivity contribution in [3.8, 4) is 0 Å². The molecular weight excluding hydrogens is 344 g/mol. The van der Waals surface area contributed by atoms with Crippen LogP contribution in [0.5, 0.6) is 0 Å². The van der Waals surface area contributed by atoms with E-state index < -0.39 is 17.0 Å². The van der Waals surface area contributed by atoms with Gasteiger partial charge in [0.15, 0.2) is 5.79 Å². The van der Waals surface area contributed by atoms with Gasteiger partial charge in [0, 0.05) is 11.3 Å². The van der Waals surface area contributed by atoms with Crippen LogP contribution in [0.15, 0.2) is 11.6 Å². The molecule has 148 valence electrons. The first-order valence-electron chi connectivity index (χ1n) is 11.0. The Kier molecular flexibility index (Phi) is 2.63. The number of aliphatic hydroxyl groups is 2. The van der Waals surface area contributed by atoms with E-state index in [4.69, 9.17) is 14.2 Å². The SMILES string of the molecule is CC1(C)O[C@@H]2[C@]3(CCC[C@@H]4[C@@H]5[C@H]6[C@H](C=C(CO)[C@@]2(O)C643)OC52CCCC2)O1. The van der Waals surface area contributed by atoms with E-state index in [1.54, 1.807) is 0 Å². The summed E-state index contributed by atoms with van der Waals surface area (Å²) in [6.07, 6.45) is 9.69. The summed E-state index contributed by atoms with van der Waals surface area (Å²) in [6.45, 7) is 3.80. The number of aliphatic hydroxyl groups excluding tert-OH is 1. The Hall–Kier alpha value is -0.460. The standard InChI is InChI=1S/C22H30O5/c1-18(2)26-17-20(27-18)9-5-6-13-15-16-14(25-19(15)7-3-4-8-19)10-12(11-23)22(17,24)21(13,16)20/h10,13-17,23-24H,3-9,11H2,1-2H3/t13-,14+,15-,16-,17-,20+,21?,22+/m1/s1. The lowest BCUT2D eigenvalue weighted by molar-refractivity contribution is -0.420. The zero-order valence-electron chi connectivity index (χ0n) is 16.2. The normalized spacial score (nSPS) is 60.1. The van der Waals surface area contributed by atoms with Gasteiger partial charge in [-0.2, -0.15) is 0 Å². The van der Waals surface area contributed by atoms with E-state index in [0.29, 0.717) is 23.3 Å². The first-order chi connectivity index (χ1) is 12.9. The molecule has 6 fully saturated rings. The first kappa shape index (κ1) is 16.3. The highest BCUT2D eigenvalue weighted by atomic mass is 16.8. The number of ether oxygens (including phenoxy) is 3. The van der Waals surface area contributed by atoms with E-state index in [9.17, 15) is 10.2 Å². The Morgan fingerprint density at radius 3 is 2.59 bits per heavy atom. The lowest BCUT2D eigenvalue weighted by Crippen LogP contribution is -2.95. The molecule has 4 saturated carbocycles. The van der Waals surface area contributed by atoms with Crippen molar-refractivity contribution < 1.29 is 24.4 Å². The van der Waals surface area contributed by atoms with Crippen LogP contribution in [0, 0.1) is 23.2 Å². The zero-order chi connectivity index (χ0) is 18.4. The third-order valence-electron chi connectivity index (χ3n) is 9.77. The van der Waals surface area contributed by atoms with Gasteiger partial charge in [0.25, 0.3) is 0 Å². The van der Waals surface area contributed by atoms with Crippen molar-refractivity contribution in [3.05, 3.63) is 11.6 Å². The fourth-order valence-corrected chi connectivity index (χ4v) is 9.62. The van der Waals surface area contributed by atoms with Crippen molar-refractivity contribution in [2.24, 2.45) is 23.2 Å². The van der Waals surface area contributed by atoms with Crippen molar-refractivity contribution in [2.75, 3.05) is 6.61 Å². The van der Waals surface area contributed by atoms with Gasteiger partial charge in [0.1, 0.15) is 17.3 Å². The fraction of sp³-hybridized carbons (Fsp3) is 0.909. The van der Waals surface area contributed by atoms with Crippen molar-refractivity contribution in [3.63, 3.8) is 0 Å². The average molecular weight is 374 g/mol. The molecule has 0 aromatic carbocycles. The smallest absolute Gasteiger partial charge is 0.164 e. The van der Waals surface area contributed by atoms with Crippen LogP contribution in [0.3, 0.4) is 0 Å². The van der Waals surface area contributed by atoms with Crippen LogP contribution in [-0.4, -0.2) is 51.6 Å². The molecule has 2 saturated heterocycles. The van der Waals surface area contributed by atoms with E-state index in [1.807, 2.05) is 13.8 Å². The monoisotopic (exact) mass is 374 g/mol. The van der Waals surface area contributed by atoms with Gasteiger partial charge in [-0.25, -0.2) is 0 Å². The molecule has 1 unspecified atom stereocenters. The molecule has 0 bridgehead atoms. The minimum atomic E-state index is -1.11. The molecule has 5 heteroatoms. The van der Waals surface area contributed by atoms with Crippen LogP contribution in [0.25, 0.3) is 0 Å². The van der Waals surface area contributed by atoms with E-state index in [2.05, 4.69) is 6.08 Å². The Labute approximate surface area is 160 Å². The molecule has 27 heavy (non-hydrogen) atoms. The number of hydrogen-bond acceptors (Lipinski definition) is 5. The van der Waals surface area contributed by atoms with Gasteiger partial charge in [0.2, 0.25) is 0 Å². The molecule has 2 heterocycles. The maximum absolute atomic E-state index is 12.2. The lowest BCUT2D eigenvalue weighted by Gasteiger charge is -2.83. The van der Waals surface area contributed by atoms with E-state index in [0.717, 1.165) is 32.1 Å². The van der Waals surface area contributed by atoms with Crippen LogP contribution in [-0.2, 0) is 14.2 Å². The first-order valence-corrected chi connectivity index (χ1v) is 11.0. The predicted octanol–water partition coefficient (Wildman–Crippen LogP) is 2.30. The van der Waals surface area contributed by atoms with Gasteiger partial charge < -0.3 is 24.4 Å². The lowest BCUT2D eigenvalue weighted by atomic mass is 9.22. The number of fused-ring (bicyclic) bond motifs is 3. The Bertz CT molecular complexity index is 769. The highest BCUT2D eigenvalue weighted by molar-refractivity contribution is 5.53. The molecule has 0 radical (unpaired) electrons. The summed E-state index contributed by atoms with van der Waals surface area (Å²) in [5.41, 5.74) is -1.16. The Balaban J connectivity index is 1.47. The van der Waals surface area contributed by atoms with Crippen LogP contribution in [0.2, 0.25) is 0 Å².